The van der Waals surface area contributed by atoms with Crippen LogP contribution >= 0.6 is 0 Å². The minimum absolute atomic E-state index is 0.0738. The van der Waals surface area contributed by atoms with Crippen molar-refractivity contribution < 1.29 is 63.8 Å². The number of carbonyl (C=O) groups excluding carboxylic acids is 4. The number of non-ortho nitro benzene ring substituents is 1. The summed E-state index contributed by atoms with van der Waals surface area (Å²) in [5.74, 6) is -5.24. The number of ether oxygens (including phenoxy) is 3. The minimum Gasteiger partial charge on any atom is -0.459 e. The van der Waals surface area contributed by atoms with Gasteiger partial charge in [-0.2, -0.15) is 0 Å². The molecule has 16 nitrogen and oxygen atoms in total. The van der Waals surface area contributed by atoms with Gasteiger partial charge in [0.15, 0.2) is 11.9 Å². The number of nitro groups is 1. The van der Waals surface area contributed by atoms with Crippen molar-refractivity contribution in [1.29, 1.82) is 0 Å². The summed E-state index contributed by atoms with van der Waals surface area (Å²) in [5.41, 5.74) is -7.75. The van der Waals surface area contributed by atoms with E-state index < -0.39 is 106 Å². The molecule has 5 rings (SSSR count). The third-order valence-electron chi connectivity index (χ3n) is 11.3. The zero-order valence-corrected chi connectivity index (χ0v) is 27.9. The van der Waals surface area contributed by atoms with E-state index in [2.05, 4.69) is 5.32 Å². The van der Waals surface area contributed by atoms with Crippen LogP contribution in [0.15, 0.2) is 35.4 Å². The Hall–Kier alpha value is -3.80. The van der Waals surface area contributed by atoms with Crippen molar-refractivity contribution in [2.75, 3.05) is 6.61 Å². The van der Waals surface area contributed by atoms with Gasteiger partial charge in [-0.05, 0) is 30.6 Å². The minimum atomic E-state index is -2.28. The molecule has 0 spiro atoms. The maximum atomic E-state index is 14.4. The maximum absolute atomic E-state index is 14.4. The van der Waals surface area contributed by atoms with Crippen molar-refractivity contribution in [1.82, 2.24) is 5.32 Å². The highest BCUT2D eigenvalue weighted by Crippen LogP contribution is 2.63. The number of hydrogen-bond acceptors (Lipinski definition) is 14. The fraction of sp³-hybridized carbons (Fsp3) is 0.636. The first-order valence-electron chi connectivity index (χ1n) is 15.9. The topological polar surface area (TPSA) is 252 Å². The number of carbonyl (C=O) groups is 4. The third-order valence-corrected chi connectivity index (χ3v) is 11.3. The number of rotatable bonds is 7. The van der Waals surface area contributed by atoms with Crippen LogP contribution in [0.1, 0.15) is 66.0 Å². The van der Waals surface area contributed by atoms with Crippen LogP contribution in [0, 0.1) is 26.9 Å². The quantitative estimate of drug-likeness (QED) is 0.0947. The van der Waals surface area contributed by atoms with Gasteiger partial charge in [-0.25, -0.2) is 4.79 Å². The Morgan fingerprint density at radius 1 is 1.08 bits per heavy atom. The first-order valence-corrected chi connectivity index (χ1v) is 15.9. The average molecular weight is 691 g/mol. The molecular formula is C33H42N2O14. The van der Waals surface area contributed by atoms with Crippen LogP contribution in [0.2, 0.25) is 0 Å². The maximum Gasteiger partial charge on any atom is 0.338 e. The molecule has 1 unspecified atom stereocenters. The number of Topliss-reactive ketones (excluding diaryl/α,β-unsaturated/α-hetero) is 1. The Kier molecular flexibility index (Phi) is 9.09. The number of benzene rings is 1. The van der Waals surface area contributed by atoms with Crippen molar-refractivity contribution in [3.8, 4) is 0 Å². The van der Waals surface area contributed by atoms with E-state index in [0.717, 1.165) is 26.0 Å². The van der Waals surface area contributed by atoms with E-state index in [1.807, 2.05) is 0 Å². The van der Waals surface area contributed by atoms with Gasteiger partial charge < -0.3 is 45.1 Å². The smallest absolute Gasteiger partial charge is 0.338 e. The SMILES string of the molecule is CC(=O)N[C@@H](c1ccc([N+](=O)[O-])cc1)[C@@H](O)C(=O)OC1C[C@@]2(O)[C@@H](OC(C)=O)[C@@H]3[C@]4(O)CO[C@@H]4C[C@H](O)[C@@]3(C)C(=O)[C@H](O)C(=C1C)C2(C)C. The first-order chi connectivity index (χ1) is 22.6. The Balaban J connectivity index is 1.60. The Bertz CT molecular complexity index is 1610. The lowest BCUT2D eigenvalue weighted by Crippen LogP contribution is -2.81. The number of esters is 2. The highest BCUT2D eigenvalue weighted by atomic mass is 16.6. The summed E-state index contributed by atoms with van der Waals surface area (Å²) in [6, 6.07) is 3.31. The standard InChI is InChI=1S/C33H42N2O14/c1-14-19(49-29(42)25(40)23(34-15(2)36)17-7-9-18(10-8-17)35(45)46)12-33(44)28(48-16(3)37)26-31(6,20(38)11-21-32(26,43)13-47-21)27(41)24(39)22(14)30(33,4)5/h7-10,19-21,23-26,28,38-40,43-44H,11-13H2,1-6H3,(H,34,36)/t19?,20-,21+,23-,24+,25+,26-,28-,31+,32-,33+/m0/s1. The second-order valence-corrected chi connectivity index (χ2v) is 14.3. The van der Waals surface area contributed by atoms with Crippen LogP contribution in [-0.4, -0.2) is 109 Å². The van der Waals surface area contributed by atoms with E-state index in [0.29, 0.717) is 0 Å². The number of fused-ring (bicyclic) bond motifs is 5. The van der Waals surface area contributed by atoms with Gasteiger partial charge in [0.1, 0.15) is 29.5 Å². The fourth-order valence-corrected chi connectivity index (χ4v) is 8.51. The molecular weight excluding hydrogens is 648 g/mol. The predicted molar refractivity (Wildman–Crippen MR) is 165 cm³/mol. The normalized spacial score (nSPS) is 37.6. The van der Waals surface area contributed by atoms with Crippen LogP contribution in [0.3, 0.4) is 0 Å². The molecule has 3 aliphatic carbocycles. The van der Waals surface area contributed by atoms with Gasteiger partial charge in [-0.3, -0.25) is 24.5 Å². The van der Waals surface area contributed by atoms with Crippen molar-refractivity contribution in [2.45, 2.75) is 108 Å². The van der Waals surface area contributed by atoms with E-state index in [1.54, 1.807) is 0 Å². The molecule has 1 heterocycles. The van der Waals surface area contributed by atoms with Crippen molar-refractivity contribution in [2.24, 2.45) is 16.7 Å². The highest BCUT2D eigenvalue weighted by Gasteiger charge is 2.76. The van der Waals surface area contributed by atoms with Crippen molar-refractivity contribution in [3.63, 3.8) is 0 Å². The summed E-state index contributed by atoms with van der Waals surface area (Å²) in [5, 5.41) is 72.6. The van der Waals surface area contributed by atoms with Crippen LogP contribution in [0.25, 0.3) is 0 Å². The van der Waals surface area contributed by atoms with Gasteiger partial charge in [-0.1, -0.05) is 26.0 Å². The van der Waals surface area contributed by atoms with Crippen molar-refractivity contribution >= 4 is 29.3 Å². The monoisotopic (exact) mass is 690 g/mol. The fourth-order valence-electron chi connectivity index (χ4n) is 8.51. The molecule has 11 atom stereocenters. The van der Waals surface area contributed by atoms with E-state index >= 15 is 0 Å². The molecule has 0 aromatic heterocycles. The molecule has 1 aromatic carbocycles. The molecule has 1 saturated heterocycles. The lowest BCUT2D eigenvalue weighted by Gasteiger charge is -2.66. The number of amides is 1. The van der Waals surface area contributed by atoms with Gasteiger partial charge in [-0.15, -0.1) is 0 Å². The van der Waals surface area contributed by atoms with Crippen LogP contribution in [0.4, 0.5) is 5.69 Å². The molecule has 16 heteroatoms. The summed E-state index contributed by atoms with van der Waals surface area (Å²) in [6.07, 6.45) is -10.4. The highest BCUT2D eigenvalue weighted by molar-refractivity contribution is 5.93. The van der Waals surface area contributed by atoms with Gasteiger partial charge in [0.05, 0.1) is 35.2 Å². The number of aliphatic hydroxyl groups excluding tert-OH is 3. The molecule has 2 bridgehead atoms. The second kappa shape index (κ2) is 12.2. The summed E-state index contributed by atoms with van der Waals surface area (Å²) in [7, 11) is 0. The predicted octanol–water partition coefficient (Wildman–Crippen LogP) is -0.0855. The molecule has 1 amide bonds. The van der Waals surface area contributed by atoms with Gasteiger partial charge in [0, 0.05) is 50.2 Å². The largest absolute Gasteiger partial charge is 0.459 e. The second-order valence-electron chi connectivity index (χ2n) is 14.3. The van der Waals surface area contributed by atoms with Gasteiger partial charge >= 0.3 is 11.9 Å². The Morgan fingerprint density at radius 3 is 2.20 bits per heavy atom. The van der Waals surface area contributed by atoms with Crippen LogP contribution < -0.4 is 5.32 Å². The number of nitrogens with one attached hydrogen (secondary N) is 1. The number of ketones is 1. The molecule has 2 saturated carbocycles. The Labute approximate surface area is 281 Å². The van der Waals surface area contributed by atoms with E-state index in [9.17, 15) is 54.8 Å². The number of nitrogens with zero attached hydrogens (tertiary/aromatic N) is 1. The van der Waals surface area contributed by atoms with E-state index in [1.165, 1.54) is 39.8 Å². The van der Waals surface area contributed by atoms with E-state index in [-0.39, 0.29) is 35.4 Å². The molecule has 1 aromatic rings. The lowest BCUT2D eigenvalue weighted by atomic mass is 9.45. The molecule has 49 heavy (non-hydrogen) atoms. The molecule has 1 aliphatic heterocycles. The summed E-state index contributed by atoms with van der Waals surface area (Å²) < 4.78 is 17.0. The van der Waals surface area contributed by atoms with Gasteiger partial charge in [0.25, 0.3) is 5.69 Å². The molecule has 0 radical (unpaired) electrons. The summed E-state index contributed by atoms with van der Waals surface area (Å²) in [6.45, 7) is 7.71. The van der Waals surface area contributed by atoms with Crippen LogP contribution in [0.5, 0.6) is 0 Å². The zero-order chi connectivity index (χ0) is 36.6. The molecule has 268 valence electrons. The average Bonchev–Trinajstić information content (AvgIpc) is 3.01. The molecule has 4 aliphatic rings. The molecule has 3 fully saturated rings. The summed E-state index contributed by atoms with van der Waals surface area (Å²) >= 11 is 0. The Morgan fingerprint density at radius 2 is 1.69 bits per heavy atom. The zero-order valence-electron chi connectivity index (χ0n) is 27.9. The number of nitro benzene ring substituents is 1. The lowest BCUT2D eigenvalue weighted by molar-refractivity contribution is -0.384. The first kappa shape index (κ1) is 36.5. The van der Waals surface area contributed by atoms with Crippen LogP contribution in [-0.2, 0) is 33.4 Å². The third kappa shape index (κ3) is 5.45. The number of aliphatic hydroxyl groups is 5. The van der Waals surface area contributed by atoms with Gasteiger partial charge in [0.2, 0.25) is 5.91 Å². The molecule has 6 N–H and O–H groups in total. The summed E-state index contributed by atoms with van der Waals surface area (Å²) in [4.78, 5) is 63.2. The number of hydrogen-bond donors (Lipinski definition) is 6. The van der Waals surface area contributed by atoms with Crippen molar-refractivity contribution in [3.05, 3.63) is 51.1 Å². The van der Waals surface area contributed by atoms with E-state index in [4.69, 9.17) is 14.2 Å².